The summed E-state index contributed by atoms with van der Waals surface area (Å²) in [6, 6.07) is 15.1. The molecular weight excluding hydrogens is 486 g/mol. The monoisotopic (exact) mass is 507 g/mol. The number of hydrogen-bond donors (Lipinski definition) is 2. The van der Waals surface area contributed by atoms with Gasteiger partial charge in [0.2, 0.25) is 17.6 Å². The molecule has 1 fully saturated rings. The zero-order valence-corrected chi connectivity index (χ0v) is 20.2. The highest BCUT2D eigenvalue weighted by atomic mass is 16.2. The largest absolute Gasteiger partial charge is 0.319 e. The van der Waals surface area contributed by atoms with E-state index in [1.807, 2.05) is 30.3 Å². The molecule has 11 heteroatoms. The first-order valence-corrected chi connectivity index (χ1v) is 12.0. The number of para-hydroxylation sites is 1. The van der Waals surface area contributed by atoms with Gasteiger partial charge >= 0.3 is 0 Å². The Morgan fingerprint density at radius 3 is 2.63 bits per heavy atom. The van der Waals surface area contributed by atoms with Gasteiger partial charge in [0.15, 0.2) is 0 Å². The lowest BCUT2D eigenvalue weighted by atomic mass is 10.1. The van der Waals surface area contributed by atoms with Crippen LogP contribution < -0.4 is 16.2 Å². The van der Waals surface area contributed by atoms with Crippen molar-refractivity contribution in [2.75, 3.05) is 5.32 Å². The van der Waals surface area contributed by atoms with Gasteiger partial charge in [0.1, 0.15) is 28.8 Å². The molecule has 6 rings (SSSR count). The Morgan fingerprint density at radius 1 is 1.03 bits per heavy atom. The summed E-state index contributed by atoms with van der Waals surface area (Å²) in [5.41, 5.74) is 1.70. The summed E-state index contributed by atoms with van der Waals surface area (Å²) in [5.74, 6) is -0.691. The highest BCUT2D eigenvalue weighted by Gasteiger charge is 2.31. The number of amides is 3. The smallest absolute Gasteiger partial charge is 0.275 e. The number of hydrogen-bond acceptors (Lipinski definition) is 7. The Labute approximate surface area is 215 Å². The molecule has 2 N–H and O–H groups in total. The first-order chi connectivity index (χ1) is 18.4. The van der Waals surface area contributed by atoms with Gasteiger partial charge in [-0.25, -0.2) is 15.0 Å². The predicted octanol–water partition coefficient (Wildman–Crippen LogP) is 2.64. The number of rotatable bonds is 4. The minimum Gasteiger partial charge on any atom is -0.319 e. The SMILES string of the molecule is Cc1nc2c(NC(=O)c3c(-c4ccccc4)nc4ncccn34)cccc2c(=O)n1C1CCC(=O)NC1=O. The summed E-state index contributed by atoms with van der Waals surface area (Å²) >= 11 is 0. The van der Waals surface area contributed by atoms with E-state index in [1.165, 1.54) is 4.57 Å². The van der Waals surface area contributed by atoms with E-state index >= 15 is 0 Å². The Balaban J connectivity index is 1.44. The molecule has 0 spiro atoms. The van der Waals surface area contributed by atoms with E-state index in [0.717, 1.165) is 5.56 Å². The minimum absolute atomic E-state index is 0.133. The van der Waals surface area contributed by atoms with E-state index in [4.69, 9.17) is 0 Å². The maximum atomic E-state index is 13.7. The van der Waals surface area contributed by atoms with Crippen LogP contribution in [0.1, 0.15) is 35.2 Å². The lowest BCUT2D eigenvalue weighted by Gasteiger charge is -2.24. The molecular formula is C27H21N7O4. The number of imidazole rings is 1. The number of imide groups is 1. The van der Waals surface area contributed by atoms with Gasteiger partial charge in [-0.2, -0.15) is 0 Å². The van der Waals surface area contributed by atoms with Gasteiger partial charge in [-0.3, -0.25) is 33.5 Å². The second kappa shape index (κ2) is 9.04. The number of fused-ring (bicyclic) bond motifs is 2. The number of carbonyl (C=O) groups is 3. The molecule has 1 atom stereocenters. The lowest BCUT2D eigenvalue weighted by molar-refractivity contribution is -0.135. The third kappa shape index (κ3) is 3.81. The molecule has 1 saturated heterocycles. The number of nitrogens with zero attached hydrogens (tertiary/aromatic N) is 5. The zero-order valence-electron chi connectivity index (χ0n) is 20.2. The topological polar surface area (TPSA) is 140 Å². The van der Waals surface area contributed by atoms with Crippen molar-refractivity contribution in [3.63, 3.8) is 0 Å². The van der Waals surface area contributed by atoms with Gasteiger partial charge in [-0.15, -0.1) is 0 Å². The number of aryl methyl sites for hydroxylation is 1. The van der Waals surface area contributed by atoms with Crippen molar-refractivity contribution in [2.24, 2.45) is 0 Å². The van der Waals surface area contributed by atoms with Crippen molar-refractivity contribution in [1.82, 2.24) is 29.2 Å². The van der Waals surface area contributed by atoms with Crippen molar-refractivity contribution in [3.05, 3.63) is 88.9 Å². The Morgan fingerprint density at radius 2 is 1.84 bits per heavy atom. The number of anilines is 1. The minimum atomic E-state index is -0.838. The predicted molar refractivity (Wildman–Crippen MR) is 139 cm³/mol. The van der Waals surface area contributed by atoms with Gasteiger partial charge in [0.25, 0.3) is 11.5 Å². The van der Waals surface area contributed by atoms with Crippen LogP contribution in [-0.2, 0) is 9.59 Å². The molecule has 0 aliphatic carbocycles. The fraction of sp³-hybridized carbons (Fsp3) is 0.148. The fourth-order valence-corrected chi connectivity index (χ4v) is 4.81. The highest BCUT2D eigenvalue weighted by molar-refractivity contribution is 6.10. The average molecular weight is 508 g/mol. The third-order valence-electron chi connectivity index (χ3n) is 6.54. The second-order valence-electron chi connectivity index (χ2n) is 8.92. The van der Waals surface area contributed by atoms with E-state index in [9.17, 15) is 19.2 Å². The second-order valence-corrected chi connectivity index (χ2v) is 8.92. The third-order valence-corrected chi connectivity index (χ3v) is 6.54. The molecule has 0 saturated carbocycles. The van der Waals surface area contributed by atoms with Crippen molar-refractivity contribution < 1.29 is 14.4 Å². The first kappa shape index (κ1) is 23.2. The molecule has 1 unspecified atom stereocenters. The van der Waals surface area contributed by atoms with Gasteiger partial charge in [-0.1, -0.05) is 36.4 Å². The molecule has 188 valence electrons. The van der Waals surface area contributed by atoms with Crippen LogP contribution in [0.4, 0.5) is 5.69 Å². The summed E-state index contributed by atoms with van der Waals surface area (Å²) in [7, 11) is 0. The van der Waals surface area contributed by atoms with Crippen LogP contribution in [0.3, 0.4) is 0 Å². The summed E-state index contributed by atoms with van der Waals surface area (Å²) < 4.78 is 2.91. The van der Waals surface area contributed by atoms with Gasteiger partial charge in [0, 0.05) is 24.4 Å². The molecule has 38 heavy (non-hydrogen) atoms. The van der Waals surface area contributed by atoms with Crippen molar-refractivity contribution >= 4 is 40.1 Å². The average Bonchev–Trinajstić information content (AvgIpc) is 3.31. The zero-order chi connectivity index (χ0) is 26.4. The van der Waals surface area contributed by atoms with Crippen LogP contribution >= 0.6 is 0 Å². The van der Waals surface area contributed by atoms with Gasteiger partial charge in [0.05, 0.1) is 11.1 Å². The van der Waals surface area contributed by atoms with Crippen LogP contribution in [0, 0.1) is 6.92 Å². The normalized spacial score (nSPS) is 15.6. The summed E-state index contributed by atoms with van der Waals surface area (Å²) in [4.78, 5) is 64.7. The quantitative estimate of drug-likeness (QED) is 0.356. The summed E-state index contributed by atoms with van der Waals surface area (Å²) in [5, 5.41) is 5.41. The molecule has 4 heterocycles. The van der Waals surface area contributed by atoms with Crippen LogP contribution in [0.5, 0.6) is 0 Å². The Hall–Kier alpha value is -5.19. The Kier molecular flexibility index (Phi) is 5.52. The molecule has 3 amide bonds. The maximum Gasteiger partial charge on any atom is 0.275 e. The Bertz CT molecular complexity index is 1820. The van der Waals surface area contributed by atoms with Gasteiger partial charge < -0.3 is 5.32 Å². The van der Waals surface area contributed by atoms with Crippen molar-refractivity contribution in [2.45, 2.75) is 25.8 Å². The number of carbonyl (C=O) groups excluding carboxylic acids is 3. The number of piperidine rings is 1. The van der Waals surface area contributed by atoms with E-state index in [1.54, 1.807) is 48.0 Å². The highest BCUT2D eigenvalue weighted by Crippen LogP contribution is 2.27. The van der Waals surface area contributed by atoms with Crippen molar-refractivity contribution in [3.8, 4) is 11.3 Å². The number of aromatic nitrogens is 5. The summed E-state index contributed by atoms with van der Waals surface area (Å²) in [6.45, 7) is 1.62. The van der Waals surface area contributed by atoms with E-state index in [2.05, 4.69) is 25.6 Å². The van der Waals surface area contributed by atoms with Crippen LogP contribution in [0.15, 0.2) is 71.8 Å². The van der Waals surface area contributed by atoms with Crippen LogP contribution in [0.25, 0.3) is 27.9 Å². The molecule has 2 aromatic carbocycles. The first-order valence-electron chi connectivity index (χ1n) is 12.0. The summed E-state index contributed by atoms with van der Waals surface area (Å²) in [6.07, 6.45) is 3.65. The van der Waals surface area contributed by atoms with Gasteiger partial charge in [-0.05, 0) is 31.5 Å². The maximum absolute atomic E-state index is 13.7. The number of benzene rings is 2. The van der Waals surface area contributed by atoms with Crippen molar-refractivity contribution in [1.29, 1.82) is 0 Å². The number of nitrogens with one attached hydrogen (secondary N) is 2. The van der Waals surface area contributed by atoms with E-state index < -0.39 is 23.4 Å². The van der Waals surface area contributed by atoms with E-state index in [-0.39, 0.29) is 29.8 Å². The fourth-order valence-electron chi connectivity index (χ4n) is 4.81. The van der Waals surface area contributed by atoms with E-state index in [0.29, 0.717) is 28.5 Å². The molecule has 0 bridgehead atoms. The molecule has 11 nitrogen and oxygen atoms in total. The lowest BCUT2D eigenvalue weighted by Crippen LogP contribution is -2.45. The molecule has 1 aliphatic heterocycles. The van der Waals surface area contributed by atoms with Crippen LogP contribution in [0.2, 0.25) is 0 Å². The molecule has 0 radical (unpaired) electrons. The molecule has 3 aromatic heterocycles. The standard InChI is InChI=1S/C27H21N7O4/c1-15-29-22-17(26(38)34(15)19-11-12-20(35)31-24(19)36)9-5-10-18(22)30-25(37)23-21(16-7-3-2-4-8-16)32-27-28-13-6-14-33(23)27/h2-10,13-14,19H,11-12H2,1H3,(H,30,37)(H,31,35,36). The molecule has 5 aromatic rings. The van der Waals surface area contributed by atoms with Crippen LogP contribution in [-0.4, -0.2) is 41.6 Å². The molecule has 1 aliphatic rings.